The fourth-order valence-corrected chi connectivity index (χ4v) is 6.37. The van der Waals surface area contributed by atoms with E-state index in [1.807, 2.05) is 24.7 Å². The largest absolute Gasteiger partial charge is 1.00 e. The van der Waals surface area contributed by atoms with Crippen LogP contribution in [0.3, 0.4) is 0 Å². The summed E-state index contributed by atoms with van der Waals surface area (Å²) in [6.07, 6.45) is 6.57. The molecule has 1 spiro atoms. The molecule has 0 unspecified atom stereocenters. The first-order chi connectivity index (χ1) is 20.5. The molecule has 15 heteroatoms. The van der Waals surface area contributed by atoms with E-state index in [-0.39, 0.29) is 54.3 Å². The van der Waals surface area contributed by atoms with E-state index in [9.17, 15) is 18.0 Å². The molecule has 4 aromatic rings. The number of fused-ring (bicyclic) bond motifs is 1. The Morgan fingerprint density at radius 2 is 1.93 bits per heavy atom. The van der Waals surface area contributed by atoms with E-state index < -0.39 is 15.7 Å². The van der Waals surface area contributed by atoms with Crippen LogP contribution in [-0.2, 0) is 36.2 Å². The van der Waals surface area contributed by atoms with E-state index in [0.29, 0.717) is 47.3 Å². The van der Waals surface area contributed by atoms with Gasteiger partial charge in [-0.3, -0.25) is 19.6 Å². The molecule has 0 aromatic carbocycles. The van der Waals surface area contributed by atoms with E-state index >= 15 is 0 Å². The van der Waals surface area contributed by atoms with Crippen molar-refractivity contribution in [2.24, 2.45) is 5.92 Å². The maximum Gasteiger partial charge on any atom is 1.00 e. The van der Waals surface area contributed by atoms with Crippen LogP contribution in [0.25, 0.3) is 22.3 Å². The molecular weight excluding hydrogens is 761 g/mol. The summed E-state index contributed by atoms with van der Waals surface area (Å²) in [6.45, 7) is 7.02. The Morgan fingerprint density at radius 3 is 2.66 bits per heavy atom. The Hall–Kier alpha value is -4.08. The van der Waals surface area contributed by atoms with Crippen LogP contribution in [0, 0.1) is 19.4 Å². The van der Waals surface area contributed by atoms with Gasteiger partial charge < -0.3 is 20.9 Å². The molecule has 13 nitrogen and oxygen atoms in total. The third-order valence-corrected chi connectivity index (χ3v) is 9.14. The summed E-state index contributed by atoms with van der Waals surface area (Å²) in [5, 5.41) is 9.41. The topological polar surface area (TPSA) is 172 Å². The number of nitrogens with one attached hydrogen (secondary N) is 3. The molecule has 6 heterocycles. The van der Waals surface area contributed by atoms with Gasteiger partial charge in [-0.2, -0.15) is 0 Å². The molecule has 3 amide bonds. The number of amides is 3. The predicted octanol–water partition coefficient (Wildman–Crippen LogP) is 2.18. The van der Waals surface area contributed by atoms with Crippen molar-refractivity contribution in [2.45, 2.75) is 37.2 Å². The fraction of sp³-hybridized carbons (Fsp3) is 0.310. The maximum absolute atomic E-state index is 12.8. The van der Waals surface area contributed by atoms with Gasteiger partial charge >= 0.3 is 19.8 Å². The molecule has 0 bridgehead atoms. The number of aryl methyl sites for hydroxylation is 1. The van der Waals surface area contributed by atoms with Gasteiger partial charge in [0.1, 0.15) is 0 Å². The van der Waals surface area contributed by atoms with Crippen molar-refractivity contribution in [1.82, 2.24) is 40.9 Å². The number of hydrogen-bond donors (Lipinski definition) is 3. The van der Waals surface area contributed by atoms with Crippen LogP contribution in [0.1, 0.15) is 35.1 Å². The molecular formula is C29H30N9O4OsS. The average molecular weight is 791 g/mol. The zero-order valence-corrected chi connectivity index (χ0v) is 27.5. The van der Waals surface area contributed by atoms with Crippen molar-refractivity contribution in [2.75, 3.05) is 24.2 Å². The van der Waals surface area contributed by atoms with Gasteiger partial charge in [-0.05, 0) is 49.6 Å². The van der Waals surface area contributed by atoms with Crippen molar-refractivity contribution < 1.29 is 37.8 Å². The van der Waals surface area contributed by atoms with E-state index in [4.69, 9.17) is 9.97 Å². The number of piperidine rings is 1. The van der Waals surface area contributed by atoms with E-state index in [1.165, 1.54) is 12.3 Å². The van der Waals surface area contributed by atoms with Crippen LogP contribution < -0.4 is 20.9 Å². The number of urea groups is 1. The van der Waals surface area contributed by atoms with Crippen LogP contribution in [0.4, 0.5) is 10.7 Å². The summed E-state index contributed by atoms with van der Waals surface area (Å²) < 4.78 is 24.0. The molecule has 6 rings (SSSR count). The van der Waals surface area contributed by atoms with Crippen LogP contribution in [-0.4, -0.2) is 70.2 Å². The van der Waals surface area contributed by atoms with Gasteiger partial charge in [0.05, 0.1) is 45.3 Å². The van der Waals surface area contributed by atoms with Gasteiger partial charge in [-0.15, -0.1) is 0 Å². The number of sulfone groups is 1. The van der Waals surface area contributed by atoms with Crippen LogP contribution >= 0.6 is 0 Å². The molecule has 2 saturated heterocycles. The molecule has 2 atom stereocenters. The Labute approximate surface area is 267 Å². The normalized spacial score (nSPS) is 19.8. The van der Waals surface area contributed by atoms with Crippen molar-refractivity contribution in [3.8, 4) is 11.4 Å². The van der Waals surface area contributed by atoms with Gasteiger partial charge in [0.15, 0.2) is 9.84 Å². The summed E-state index contributed by atoms with van der Waals surface area (Å²) >= 11 is 0. The number of anilines is 1. The van der Waals surface area contributed by atoms with Crippen LogP contribution in [0.5, 0.6) is 0 Å². The predicted molar refractivity (Wildman–Crippen MR) is 159 cm³/mol. The summed E-state index contributed by atoms with van der Waals surface area (Å²) in [7, 11) is -3.52. The second-order valence-electron chi connectivity index (χ2n) is 10.9. The summed E-state index contributed by atoms with van der Waals surface area (Å²) in [4.78, 5) is 49.3. The first-order valence-electron chi connectivity index (χ1n) is 13.7. The second-order valence-corrected chi connectivity index (χ2v) is 12.9. The van der Waals surface area contributed by atoms with E-state index in [1.54, 1.807) is 25.4 Å². The Kier molecular flexibility index (Phi) is 8.64. The summed E-state index contributed by atoms with van der Waals surface area (Å²) in [5.41, 5.74) is 2.71. The minimum atomic E-state index is -3.52. The number of rotatable bonds is 6. The zero-order chi connectivity index (χ0) is 30.4. The fourth-order valence-electron chi connectivity index (χ4n) is 5.44. The minimum absolute atomic E-state index is 0. The standard InChI is InChI=1S/C29H30N9O4S.Os/c1-17-15-38(9-7-29(17)16-34-28(40)37-29)27-30-8-6-23(36-27)22-5-4-19-12-32-21(11-24(19)35-22)14-33-26(39)20-10-25(43(3,41)42)18(2)31-13-20;/h4-6,8,10-13,16-17H,7,9,14-15H2,1-3H3,(H,33,39)(H2,34,37,40);/q-1;+1/t17-,29+;/m0./s1. The SMILES string of the molecule is Cc1ncc(C(=O)NCc2cc3nc(-c4ccnc(N5CC[C@@]6([CH-]NC(=O)N6)[C@@H](C)C5)n4)ccc3cn2)cc1S(C)(=O)=O.[Os+]. The smallest absolute Gasteiger partial charge is 0.485 e. The first kappa shape index (κ1) is 31.3. The minimum Gasteiger partial charge on any atom is -0.485 e. The number of pyridine rings is 3. The Balaban J connectivity index is 0.00000384. The van der Waals surface area contributed by atoms with Gasteiger partial charge in [-0.25, -0.2) is 29.9 Å². The molecule has 3 N–H and O–H groups in total. The van der Waals surface area contributed by atoms with Gasteiger partial charge in [0.2, 0.25) is 5.95 Å². The molecule has 0 saturated carbocycles. The molecule has 229 valence electrons. The van der Waals surface area contributed by atoms with Gasteiger partial charge in [-0.1, -0.05) is 12.5 Å². The number of hydrogen-bond acceptors (Lipinski definition) is 10. The molecule has 2 fully saturated rings. The number of aromatic nitrogens is 5. The maximum atomic E-state index is 12.8. The number of nitrogens with zero attached hydrogens (tertiary/aromatic N) is 6. The molecule has 1 radical (unpaired) electrons. The quantitative estimate of drug-likeness (QED) is 0.246. The van der Waals surface area contributed by atoms with Crippen LogP contribution in [0.15, 0.2) is 53.8 Å². The molecule has 2 aliphatic rings. The van der Waals surface area contributed by atoms with E-state index in [2.05, 4.69) is 42.7 Å². The summed E-state index contributed by atoms with van der Waals surface area (Å²) in [5.74, 6) is 0.291. The zero-order valence-electron chi connectivity index (χ0n) is 24.2. The monoisotopic (exact) mass is 792 g/mol. The molecule has 44 heavy (non-hydrogen) atoms. The van der Waals surface area contributed by atoms with Crippen molar-refractivity contribution in [1.29, 1.82) is 0 Å². The Bertz CT molecular complexity index is 1870. The molecule has 4 aromatic heterocycles. The third-order valence-electron chi connectivity index (χ3n) is 7.93. The summed E-state index contributed by atoms with van der Waals surface area (Å²) in [6, 6.07) is 8.55. The van der Waals surface area contributed by atoms with Crippen LogP contribution in [0.2, 0.25) is 0 Å². The first-order valence-corrected chi connectivity index (χ1v) is 15.6. The van der Waals surface area contributed by atoms with Gasteiger partial charge in [0.25, 0.3) is 11.9 Å². The number of carbonyl (C=O) groups is 2. The average Bonchev–Trinajstić information content (AvgIpc) is 3.37. The molecule has 2 aliphatic heterocycles. The van der Waals surface area contributed by atoms with Crippen molar-refractivity contribution >= 4 is 38.6 Å². The third kappa shape index (κ3) is 6.25. The molecule has 0 aliphatic carbocycles. The van der Waals surface area contributed by atoms with Crippen molar-refractivity contribution in [3.05, 3.63) is 72.4 Å². The van der Waals surface area contributed by atoms with E-state index in [0.717, 1.165) is 18.1 Å². The van der Waals surface area contributed by atoms with Crippen molar-refractivity contribution in [3.63, 3.8) is 0 Å². The second kappa shape index (κ2) is 12.1. The Morgan fingerprint density at radius 1 is 1.14 bits per heavy atom. The van der Waals surface area contributed by atoms with Gasteiger partial charge in [0, 0.05) is 43.3 Å². The number of carbonyl (C=O) groups excluding carboxylic acids is 2.